The zero-order chi connectivity index (χ0) is 19.3. The Balaban J connectivity index is 1.53. The molecule has 0 bridgehead atoms. The van der Waals surface area contributed by atoms with E-state index in [0.717, 1.165) is 10.8 Å². The number of aromatic nitrogens is 4. The molecule has 0 saturated heterocycles. The second-order valence-corrected chi connectivity index (χ2v) is 6.70. The molecule has 0 unspecified atom stereocenters. The predicted molar refractivity (Wildman–Crippen MR) is 106 cm³/mol. The minimum absolute atomic E-state index is 0.456. The van der Waals surface area contributed by atoms with Gasteiger partial charge < -0.3 is 14.0 Å². The highest BCUT2D eigenvalue weighted by molar-refractivity contribution is 7.98. The van der Waals surface area contributed by atoms with Crippen molar-refractivity contribution in [1.82, 2.24) is 19.7 Å². The lowest BCUT2D eigenvalue weighted by Gasteiger charge is -2.09. The highest BCUT2D eigenvalue weighted by Gasteiger charge is 2.17. The Morgan fingerprint density at radius 3 is 2.68 bits per heavy atom. The first-order valence-corrected chi connectivity index (χ1v) is 9.54. The SMILES string of the molecule is COc1cccc(-c2noc(CSc3nccn3-c3ccccc3)n2)c1OC. The summed E-state index contributed by atoms with van der Waals surface area (Å²) >= 11 is 1.53. The van der Waals surface area contributed by atoms with Gasteiger partial charge in [0.25, 0.3) is 0 Å². The van der Waals surface area contributed by atoms with Crippen LogP contribution in [-0.2, 0) is 5.75 Å². The van der Waals surface area contributed by atoms with E-state index in [1.54, 1.807) is 20.4 Å². The van der Waals surface area contributed by atoms with Crippen molar-refractivity contribution in [3.8, 4) is 28.6 Å². The second-order valence-electron chi connectivity index (χ2n) is 5.76. The number of benzene rings is 2. The molecular formula is C20H18N4O3S. The van der Waals surface area contributed by atoms with Gasteiger partial charge in [-0.15, -0.1) is 0 Å². The molecule has 0 aliphatic rings. The summed E-state index contributed by atoms with van der Waals surface area (Å²) < 4.78 is 18.2. The Hall–Kier alpha value is -3.26. The molecule has 28 heavy (non-hydrogen) atoms. The summed E-state index contributed by atoms with van der Waals surface area (Å²) in [6, 6.07) is 15.6. The number of nitrogens with zero attached hydrogens (tertiary/aromatic N) is 4. The molecule has 142 valence electrons. The van der Waals surface area contributed by atoms with Gasteiger partial charge in [0.1, 0.15) is 0 Å². The Bertz CT molecular complexity index is 1060. The van der Waals surface area contributed by atoms with Gasteiger partial charge in [-0.2, -0.15) is 4.98 Å². The summed E-state index contributed by atoms with van der Waals surface area (Å²) in [7, 11) is 3.18. The van der Waals surface area contributed by atoms with Crippen LogP contribution in [0, 0.1) is 0 Å². The molecule has 8 heteroatoms. The maximum atomic E-state index is 5.45. The van der Waals surface area contributed by atoms with Gasteiger partial charge in [0.05, 0.1) is 25.5 Å². The van der Waals surface area contributed by atoms with Crippen LogP contribution in [0.2, 0.25) is 0 Å². The van der Waals surface area contributed by atoms with Crippen LogP contribution in [0.5, 0.6) is 11.5 Å². The lowest BCUT2D eigenvalue weighted by atomic mass is 10.2. The van der Waals surface area contributed by atoms with Gasteiger partial charge >= 0.3 is 0 Å². The van der Waals surface area contributed by atoms with Crippen molar-refractivity contribution in [2.24, 2.45) is 0 Å². The molecule has 2 aromatic carbocycles. The molecule has 4 aromatic rings. The molecule has 2 aromatic heterocycles. The zero-order valence-electron chi connectivity index (χ0n) is 15.4. The van der Waals surface area contributed by atoms with E-state index in [1.165, 1.54) is 11.8 Å². The number of hydrogen-bond acceptors (Lipinski definition) is 7. The molecule has 4 rings (SSSR count). The normalized spacial score (nSPS) is 10.8. The maximum Gasteiger partial charge on any atom is 0.237 e. The maximum absolute atomic E-state index is 5.45. The molecule has 0 amide bonds. The van der Waals surface area contributed by atoms with Crippen LogP contribution in [0.15, 0.2) is 70.6 Å². The molecule has 7 nitrogen and oxygen atoms in total. The summed E-state index contributed by atoms with van der Waals surface area (Å²) in [5.74, 6) is 2.66. The molecule has 0 fully saturated rings. The van der Waals surface area contributed by atoms with Gasteiger partial charge in [-0.3, -0.25) is 4.57 Å². The first kappa shape index (κ1) is 18.1. The van der Waals surface area contributed by atoms with E-state index in [0.29, 0.717) is 34.5 Å². The first-order valence-electron chi connectivity index (χ1n) is 8.55. The van der Waals surface area contributed by atoms with Crippen LogP contribution >= 0.6 is 11.8 Å². The number of para-hydroxylation sites is 2. The fourth-order valence-electron chi connectivity index (χ4n) is 2.79. The van der Waals surface area contributed by atoms with Gasteiger partial charge in [0.2, 0.25) is 11.7 Å². The first-order chi connectivity index (χ1) is 13.8. The van der Waals surface area contributed by atoms with Crippen molar-refractivity contribution in [3.63, 3.8) is 0 Å². The summed E-state index contributed by atoms with van der Waals surface area (Å²) in [4.78, 5) is 8.92. The van der Waals surface area contributed by atoms with Crippen molar-refractivity contribution in [1.29, 1.82) is 0 Å². The quantitative estimate of drug-likeness (QED) is 0.434. The van der Waals surface area contributed by atoms with Crippen LogP contribution in [-0.4, -0.2) is 33.9 Å². The van der Waals surface area contributed by atoms with Crippen molar-refractivity contribution >= 4 is 11.8 Å². The summed E-state index contributed by atoms with van der Waals surface area (Å²) in [6.45, 7) is 0. The van der Waals surface area contributed by atoms with Gasteiger partial charge in [-0.1, -0.05) is 41.2 Å². The predicted octanol–water partition coefficient (Wildman–Crippen LogP) is 4.23. The Morgan fingerprint density at radius 2 is 1.89 bits per heavy atom. The highest BCUT2D eigenvalue weighted by Crippen LogP contribution is 2.36. The van der Waals surface area contributed by atoms with Gasteiger partial charge in [0.15, 0.2) is 16.7 Å². The smallest absolute Gasteiger partial charge is 0.237 e. The lowest BCUT2D eigenvalue weighted by Crippen LogP contribution is -1.95. The van der Waals surface area contributed by atoms with E-state index in [-0.39, 0.29) is 0 Å². The average Bonchev–Trinajstić information content (AvgIpc) is 3.41. The molecule has 0 radical (unpaired) electrons. The van der Waals surface area contributed by atoms with Crippen molar-refractivity contribution < 1.29 is 14.0 Å². The van der Waals surface area contributed by atoms with Gasteiger partial charge in [-0.25, -0.2) is 4.98 Å². The molecule has 0 aliphatic heterocycles. The number of methoxy groups -OCH3 is 2. The van der Waals surface area contributed by atoms with Crippen molar-refractivity contribution in [2.45, 2.75) is 10.9 Å². The second kappa shape index (κ2) is 8.18. The molecule has 2 heterocycles. The lowest BCUT2D eigenvalue weighted by molar-refractivity contribution is 0.355. The molecule has 0 atom stereocenters. The standard InChI is InChI=1S/C20H18N4O3S/c1-25-16-10-6-9-15(18(16)26-2)19-22-17(27-23-19)13-28-20-21-11-12-24(20)14-7-4-3-5-8-14/h3-12H,13H2,1-2H3. The molecule has 0 N–H and O–H groups in total. The van der Waals surface area contributed by atoms with Crippen LogP contribution in [0.1, 0.15) is 5.89 Å². The van der Waals surface area contributed by atoms with E-state index >= 15 is 0 Å². The minimum atomic E-state index is 0.456. The van der Waals surface area contributed by atoms with Crippen LogP contribution < -0.4 is 9.47 Å². The summed E-state index contributed by atoms with van der Waals surface area (Å²) in [5.41, 5.74) is 1.77. The van der Waals surface area contributed by atoms with E-state index < -0.39 is 0 Å². The number of ether oxygens (including phenoxy) is 2. The van der Waals surface area contributed by atoms with E-state index in [4.69, 9.17) is 14.0 Å². The zero-order valence-corrected chi connectivity index (χ0v) is 16.2. The topological polar surface area (TPSA) is 75.2 Å². The van der Waals surface area contributed by atoms with E-state index in [9.17, 15) is 0 Å². The monoisotopic (exact) mass is 394 g/mol. The Kier molecular flexibility index (Phi) is 5.29. The average molecular weight is 394 g/mol. The van der Waals surface area contributed by atoms with Crippen LogP contribution in [0.3, 0.4) is 0 Å². The van der Waals surface area contributed by atoms with Gasteiger partial charge in [-0.05, 0) is 24.3 Å². The van der Waals surface area contributed by atoms with Crippen LogP contribution in [0.4, 0.5) is 0 Å². The van der Waals surface area contributed by atoms with Crippen molar-refractivity contribution in [2.75, 3.05) is 14.2 Å². The summed E-state index contributed by atoms with van der Waals surface area (Å²) in [5, 5.41) is 4.94. The number of thioether (sulfide) groups is 1. The molecular weight excluding hydrogens is 376 g/mol. The Morgan fingerprint density at radius 1 is 1.04 bits per heavy atom. The third-order valence-corrected chi connectivity index (χ3v) is 5.03. The Labute approximate surface area is 166 Å². The van der Waals surface area contributed by atoms with Crippen molar-refractivity contribution in [3.05, 3.63) is 66.8 Å². The highest BCUT2D eigenvalue weighted by atomic mass is 32.2. The van der Waals surface area contributed by atoms with E-state index in [2.05, 4.69) is 15.1 Å². The summed E-state index contributed by atoms with van der Waals surface area (Å²) in [6.07, 6.45) is 3.70. The molecule has 0 aliphatic carbocycles. The van der Waals surface area contributed by atoms with Gasteiger partial charge in [0, 0.05) is 18.1 Å². The third-order valence-electron chi connectivity index (χ3n) is 4.08. The minimum Gasteiger partial charge on any atom is -0.493 e. The number of rotatable bonds is 7. The fourth-order valence-corrected chi connectivity index (χ4v) is 3.60. The molecule has 0 saturated carbocycles. The largest absolute Gasteiger partial charge is 0.493 e. The fraction of sp³-hybridized carbons (Fsp3) is 0.150. The third kappa shape index (κ3) is 3.59. The number of imidazole rings is 1. The van der Waals surface area contributed by atoms with E-state index in [1.807, 2.05) is 59.3 Å². The molecule has 0 spiro atoms. The van der Waals surface area contributed by atoms with Crippen LogP contribution in [0.25, 0.3) is 17.1 Å². The number of hydrogen-bond donors (Lipinski definition) is 0.